The number of imide groups is 1. The highest BCUT2D eigenvalue weighted by molar-refractivity contribution is 6.23. The molecule has 2 aliphatic heterocycles. The molecule has 1 fully saturated rings. The second kappa shape index (κ2) is 10.8. The highest BCUT2D eigenvalue weighted by Crippen LogP contribution is 2.32. The second-order valence-corrected chi connectivity index (χ2v) is 10.4. The Morgan fingerprint density at radius 1 is 1.10 bits per heavy atom. The van der Waals surface area contributed by atoms with Crippen molar-refractivity contribution in [3.8, 4) is 17.1 Å². The number of amides is 2. The van der Waals surface area contributed by atoms with Gasteiger partial charge in [0.2, 0.25) is 0 Å². The summed E-state index contributed by atoms with van der Waals surface area (Å²) in [6.45, 7) is 1.65. The number of fused-ring (bicyclic) bond motifs is 2. The van der Waals surface area contributed by atoms with Gasteiger partial charge in [-0.3, -0.25) is 19.3 Å². The number of anilines is 1. The largest absolute Gasteiger partial charge is 0.491 e. The molecule has 11 nitrogen and oxygen atoms in total. The summed E-state index contributed by atoms with van der Waals surface area (Å²) in [5.74, 6) is -0.346. The van der Waals surface area contributed by atoms with Gasteiger partial charge in [0, 0.05) is 18.8 Å². The summed E-state index contributed by atoms with van der Waals surface area (Å²) in [7, 11) is 2.02. The van der Waals surface area contributed by atoms with E-state index in [0.717, 1.165) is 25.9 Å². The summed E-state index contributed by atoms with van der Waals surface area (Å²) >= 11 is 0. The van der Waals surface area contributed by atoms with E-state index in [1.165, 1.54) is 35.4 Å². The molecule has 4 aromatic rings. The van der Waals surface area contributed by atoms with Gasteiger partial charge in [0.25, 0.3) is 17.4 Å². The fourth-order valence-corrected chi connectivity index (χ4v) is 5.34. The molecule has 0 radical (unpaired) electrons. The third-order valence-electron chi connectivity index (χ3n) is 7.55. The standard InChI is InChI=1S/C29H29FN6O5/c1-35-10-7-17(8-11-35)36-28(39)20-12-23-24(13-21(20)29(36)40)34-26(33-23)25-22(6-9-31-27(25)38)32-14-18(37)15-41-19-4-2-16(30)3-5-19/h2-6,9,12-13,17-18,37H,7-8,10-11,14-15H2,1H3,(H,33,34)(H2,31,32,38). The van der Waals surface area contributed by atoms with Gasteiger partial charge in [0.1, 0.15) is 35.7 Å². The fourth-order valence-electron chi connectivity index (χ4n) is 5.34. The van der Waals surface area contributed by atoms with E-state index in [2.05, 4.69) is 25.2 Å². The molecule has 0 aliphatic carbocycles. The molecule has 2 aromatic heterocycles. The number of imidazole rings is 1. The summed E-state index contributed by atoms with van der Waals surface area (Å²) in [5.41, 5.74) is 1.81. The summed E-state index contributed by atoms with van der Waals surface area (Å²) in [6.07, 6.45) is 2.01. The number of halogens is 1. The van der Waals surface area contributed by atoms with Crippen molar-refractivity contribution in [2.24, 2.45) is 0 Å². The topological polar surface area (TPSA) is 144 Å². The number of carbonyl (C=O) groups is 2. The lowest BCUT2D eigenvalue weighted by atomic mass is 10.0. The molecular formula is C29H29FN6O5. The van der Waals surface area contributed by atoms with Crippen molar-refractivity contribution in [2.75, 3.05) is 38.6 Å². The van der Waals surface area contributed by atoms with Crippen LogP contribution in [0.4, 0.5) is 10.1 Å². The second-order valence-electron chi connectivity index (χ2n) is 10.4. The Hall–Kier alpha value is -4.55. The first-order valence-corrected chi connectivity index (χ1v) is 13.4. The number of H-pyrrole nitrogens is 2. The number of likely N-dealkylation sites (tertiary alicyclic amines) is 1. The van der Waals surface area contributed by atoms with Gasteiger partial charge in [0.15, 0.2) is 0 Å². The fraction of sp³-hybridized carbons (Fsp3) is 0.310. The number of aromatic amines is 2. The Labute approximate surface area is 234 Å². The van der Waals surface area contributed by atoms with Gasteiger partial charge in [-0.15, -0.1) is 0 Å². The molecule has 2 aliphatic rings. The number of rotatable bonds is 8. The quantitative estimate of drug-likeness (QED) is 0.241. The maximum atomic E-state index is 13.3. The predicted molar refractivity (Wildman–Crippen MR) is 150 cm³/mol. The van der Waals surface area contributed by atoms with Crippen molar-refractivity contribution in [3.05, 3.63) is 76.0 Å². The monoisotopic (exact) mass is 560 g/mol. The number of piperidine rings is 1. The molecule has 0 spiro atoms. The minimum absolute atomic E-state index is 0.0516. The van der Waals surface area contributed by atoms with Crippen molar-refractivity contribution in [3.63, 3.8) is 0 Å². The van der Waals surface area contributed by atoms with E-state index in [1.54, 1.807) is 18.2 Å². The van der Waals surface area contributed by atoms with Crippen LogP contribution in [0.1, 0.15) is 33.6 Å². The number of carbonyl (C=O) groups excluding carboxylic acids is 2. The van der Waals surface area contributed by atoms with E-state index in [9.17, 15) is 23.9 Å². The number of hydrogen-bond acceptors (Lipinski definition) is 8. The van der Waals surface area contributed by atoms with Gasteiger partial charge in [-0.25, -0.2) is 9.37 Å². The molecule has 212 valence electrons. The maximum Gasteiger partial charge on any atom is 0.261 e. The molecule has 4 heterocycles. The third-order valence-corrected chi connectivity index (χ3v) is 7.55. The smallest absolute Gasteiger partial charge is 0.261 e. The van der Waals surface area contributed by atoms with Crippen LogP contribution in [-0.2, 0) is 0 Å². The lowest BCUT2D eigenvalue weighted by Gasteiger charge is -2.33. The lowest BCUT2D eigenvalue weighted by Crippen LogP contribution is -2.46. The minimum Gasteiger partial charge on any atom is -0.491 e. The molecule has 0 saturated carbocycles. The molecule has 12 heteroatoms. The summed E-state index contributed by atoms with van der Waals surface area (Å²) in [6, 6.07) is 10.2. The number of ether oxygens (including phenoxy) is 1. The number of hydrogen-bond donors (Lipinski definition) is 4. The summed E-state index contributed by atoms with van der Waals surface area (Å²) in [4.78, 5) is 53.3. The van der Waals surface area contributed by atoms with Gasteiger partial charge in [-0.1, -0.05) is 0 Å². The lowest BCUT2D eigenvalue weighted by molar-refractivity contribution is 0.0516. The van der Waals surface area contributed by atoms with Crippen LogP contribution in [0.5, 0.6) is 5.75 Å². The van der Waals surface area contributed by atoms with Crippen molar-refractivity contribution < 1.29 is 23.8 Å². The molecule has 6 rings (SSSR count). The Morgan fingerprint density at radius 2 is 1.80 bits per heavy atom. The SMILES string of the molecule is CN1CCC(N2C(=O)c3cc4nc(-c5c(NCC(O)COc6ccc(F)cc6)cc[nH]c5=O)[nH]c4cc3C2=O)CC1. The number of aliphatic hydroxyl groups is 1. The highest BCUT2D eigenvalue weighted by atomic mass is 19.1. The number of aromatic nitrogens is 3. The number of pyridine rings is 1. The molecule has 0 bridgehead atoms. The number of nitrogens with zero attached hydrogens (tertiary/aromatic N) is 3. The van der Waals surface area contributed by atoms with Gasteiger partial charge in [0.05, 0.1) is 27.8 Å². The van der Waals surface area contributed by atoms with Crippen LogP contribution in [0.3, 0.4) is 0 Å². The molecule has 4 N–H and O–H groups in total. The maximum absolute atomic E-state index is 13.3. The Balaban J connectivity index is 1.21. The normalized spacial score (nSPS) is 16.8. The zero-order valence-electron chi connectivity index (χ0n) is 22.3. The van der Waals surface area contributed by atoms with E-state index in [1.807, 2.05) is 7.05 Å². The molecule has 2 aromatic carbocycles. The van der Waals surface area contributed by atoms with Crippen LogP contribution < -0.4 is 15.6 Å². The zero-order chi connectivity index (χ0) is 28.7. The van der Waals surface area contributed by atoms with Crippen LogP contribution in [0.25, 0.3) is 22.4 Å². The zero-order valence-corrected chi connectivity index (χ0v) is 22.3. The van der Waals surface area contributed by atoms with E-state index in [0.29, 0.717) is 33.6 Å². The Morgan fingerprint density at radius 3 is 2.54 bits per heavy atom. The summed E-state index contributed by atoms with van der Waals surface area (Å²) in [5, 5.41) is 13.5. The minimum atomic E-state index is -0.935. The van der Waals surface area contributed by atoms with Gasteiger partial charge in [-0.2, -0.15) is 0 Å². The third kappa shape index (κ3) is 5.19. The molecule has 1 saturated heterocycles. The molecule has 41 heavy (non-hydrogen) atoms. The van der Waals surface area contributed by atoms with E-state index in [-0.39, 0.29) is 48.2 Å². The van der Waals surface area contributed by atoms with Crippen LogP contribution in [-0.4, -0.2) is 87.1 Å². The first kappa shape index (κ1) is 26.7. The summed E-state index contributed by atoms with van der Waals surface area (Å²) < 4.78 is 18.6. The predicted octanol–water partition coefficient (Wildman–Crippen LogP) is 2.60. The van der Waals surface area contributed by atoms with Crippen molar-refractivity contribution in [2.45, 2.75) is 25.0 Å². The molecule has 1 unspecified atom stereocenters. The van der Waals surface area contributed by atoms with Crippen molar-refractivity contribution in [1.82, 2.24) is 24.8 Å². The van der Waals surface area contributed by atoms with Gasteiger partial charge >= 0.3 is 0 Å². The van der Waals surface area contributed by atoms with Crippen LogP contribution >= 0.6 is 0 Å². The molecule has 1 atom stereocenters. The van der Waals surface area contributed by atoms with E-state index < -0.39 is 11.7 Å². The van der Waals surface area contributed by atoms with Gasteiger partial charge < -0.3 is 30.0 Å². The van der Waals surface area contributed by atoms with E-state index >= 15 is 0 Å². The highest BCUT2D eigenvalue weighted by Gasteiger charge is 2.41. The number of aliphatic hydroxyl groups excluding tert-OH is 1. The van der Waals surface area contributed by atoms with Gasteiger partial charge in [-0.05, 0) is 75.4 Å². The van der Waals surface area contributed by atoms with Crippen LogP contribution in [0.2, 0.25) is 0 Å². The molecular weight excluding hydrogens is 531 g/mol. The van der Waals surface area contributed by atoms with Crippen LogP contribution in [0, 0.1) is 5.82 Å². The first-order chi connectivity index (χ1) is 19.8. The molecule has 2 amide bonds. The van der Waals surface area contributed by atoms with Crippen LogP contribution in [0.15, 0.2) is 53.5 Å². The first-order valence-electron chi connectivity index (χ1n) is 13.4. The average Bonchev–Trinajstić information content (AvgIpc) is 3.48. The Bertz CT molecular complexity index is 1620. The Kier molecular flexibility index (Phi) is 7.01. The number of nitrogens with one attached hydrogen (secondary N) is 3. The van der Waals surface area contributed by atoms with Crippen molar-refractivity contribution in [1.29, 1.82) is 0 Å². The van der Waals surface area contributed by atoms with E-state index in [4.69, 9.17) is 4.74 Å². The van der Waals surface area contributed by atoms with Crippen molar-refractivity contribution >= 4 is 28.5 Å². The number of benzene rings is 2. The average molecular weight is 561 g/mol.